The summed E-state index contributed by atoms with van der Waals surface area (Å²) < 4.78 is 15.0. The smallest absolute Gasteiger partial charge is 0.262 e. The van der Waals surface area contributed by atoms with Crippen LogP contribution in [0.5, 0.6) is 0 Å². The zero-order valence-corrected chi connectivity index (χ0v) is 12.7. The van der Waals surface area contributed by atoms with Gasteiger partial charge in [0.15, 0.2) is 0 Å². The minimum absolute atomic E-state index is 0.174. The lowest BCUT2D eigenvalue weighted by atomic mass is 10.1. The topological polar surface area (TPSA) is 46.9 Å². The van der Waals surface area contributed by atoms with E-state index >= 15 is 0 Å². The molecule has 112 valence electrons. The number of aromatic nitrogens is 2. The van der Waals surface area contributed by atoms with Crippen LogP contribution in [0.4, 0.5) is 4.39 Å². The van der Waals surface area contributed by atoms with E-state index in [1.165, 1.54) is 23.5 Å². The average Bonchev–Trinajstić information content (AvgIpc) is 3.17. The standard InChI is InChI=1S/C16H14FN3OS/c1-20-9-8-18-15(20)14(11-4-6-12(17)7-5-11)19-16(21)13-3-2-10-22-13/h2-10,14H,1H3,(H,19,21)/t14-/m0/s1. The largest absolute Gasteiger partial charge is 0.337 e. The maximum Gasteiger partial charge on any atom is 0.262 e. The third-order valence-corrected chi connectivity index (χ3v) is 4.21. The van der Waals surface area contributed by atoms with Crippen molar-refractivity contribution in [3.05, 3.63) is 76.3 Å². The molecule has 4 nitrogen and oxygen atoms in total. The Kier molecular flexibility index (Phi) is 4.02. The van der Waals surface area contributed by atoms with Gasteiger partial charge in [-0.25, -0.2) is 9.37 Å². The Labute approximate surface area is 131 Å². The predicted octanol–water partition coefficient (Wildman–Crippen LogP) is 3.14. The first-order chi connectivity index (χ1) is 10.6. The SMILES string of the molecule is Cn1ccnc1[C@@H](NC(=O)c1cccs1)c1ccc(F)cc1. The number of imidazole rings is 1. The molecule has 3 rings (SSSR count). The quantitative estimate of drug-likeness (QED) is 0.804. The molecule has 0 radical (unpaired) electrons. The van der Waals surface area contributed by atoms with Gasteiger partial charge in [0.1, 0.15) is 17.7 Å². The first kappa shape index (κ1) is 14.5. The van der Waals surface area contributed by atoms with Crippen LogP contribution in [0.15, 0.2) is 54.2 Å². The van der Waals surface area contributed by atoms with Crippen molar-refractivity contribution in [2.45, 2.75) is 6.04 Å². The third kappa shape index (κ3) is 2.92. The second kappa shape index (κ2) is 6.11. The van der Waals surface area contributed by atoms with Gasteiger partial charge in [-0.15, -0.1) is 11.3 Å². The van der Waals surface area contributed by atoms with Crippen LogP contribution in [0.2, 0.25) is 0 Å². The zero-order valence-electron chi connectivity index (χ0n) is 11.9. The summed E-state index contributed by atoms with van der Waals surface area (Å²) in [7, 11) is 1.86. The van der Waals surface area contributed by atoms with E-state index in [0.29, 0.717) is 10.7 Å². The summed E-state index contributed by atoms with van der Waals surface area (Å²) in [5, 5.41) is 4.81. The molecular weight excluding hydrogens is 301 g/mol. The molecule has 1 amide bonds. The first-order valence-corrected chi connectivity index (χ1v) is 7.60. The summed E-state index contributed by atoms with van der Waals surface area (Å²) in [6, 6.07) is 9.22. The number of aryl methyl sites for hydroxylation is 1. The lowest BCUT2D eigenvalue weighted by molar-refractivity contribution is 0.0945. The van der Waals surface area contributed by atoms with Gasteiger partial charge in [0.05, 0.1) is 4.88 Å². The van der Waals surface area contributed by atoms with Crippen LogP contribution in [0.3, 0.4) is 0 Å². The van der Waals surface area contributed by atoms with Gasteiger partial charge in [-0.3, -0.25) is 4.79 Å². The number of rotatable bonds is 4. The highest BCUT2D eigenvalue weighted by molar-refractivity contribution is 7.12. The summed E-state index contributed by atoms with van der Waals surface area (Å²) >= 11 is 1.37. The van der Waals surface area contributed by atoms with Crippen molar-refractivity contribution in [3.63, 3.8) is 0 Å². The molecule has 0 fully saturated rings. The van der Waals surface area contributed by atoms with E-state index in [1.54, 1.807) is 24.4 Å². The number of carbonyl (C=O) groups is 1. The molecular formula is C16H14FN3OS. The molecule has 0 aliphatic heterocycles. The van der Waals surface area contributed by atoms with E-state index in [1.807, 2.05) is 29.3 Å². The first-order valence-electron chi connectivity index (χ1n) is 6.72. The highest BCUT2D eigenvalue weighted by Gasteiger charge is 2.21. The number of nitrogens with zero attached hydrogens (tertiary/aromatic N) is 2. The Morgan fingerprint density at radius 1 is 1.32 bits per heavy atom. The number of halogens is 1. The van der Waals surface area contributed by atoms with Gasteiger partial charge >= 0.3 is 0 Å². The fourth-order valence-electron chi connectivity index (χ4n) is 2.22. The van der Waals surface area contributed by atoms with Crippen molar-refractivity contribution in [1.29, 1.82) is 0 Å². The molecule has 0 aliphatic rings. The van der Waals surface area contributed by atoms with E-state index in [0.717, 1.165) is 5.56 Å². The van der Waals surface area contributed by atoms with Gasteiger partial charge in [0.2, 0.25) is 0 Å². The molecule has 2 aromatic heterocycles. The van der Waals surface area contributed by atoms with Crippen LogP contribution >= 0.6 is 11.3 Å². The van der Waals surface area contributed by atoms with Crippen molar-refractivity contribution in [1.82, 2.24) is 14.9 Å². The summed E-state index contributed by atoms with van der Waals surface area (Å²) in [5.41, 5.74) is 0.778. The lowest BCUT2D eigenvalue weighted by Gasteiger charge is -2.18. The van der Waals surface area contributed by atoms with E-state index in [9.17, 15) is 9.18 Å². The molecule has 2 heterocycles. The van der Waals surface area contributed by atoms with Gasteiger partial charge in [-0.1, -0.05) is 18.2 Å². The number of thiophene rings is 1. The van der Waals surface area contributed by atoms with E-state index in [4.69, 9.17) is 0 Å². The molecule has 1 N–H and O–H groups in total. The molecule has 6 heteroatoms. The molecule has 0 saturated carbocycles. The van der Waals surface area contributed by atoms with Gasteiger partial charge in [-0.2, -0.15) is 0 Å². The van der Waals surface area contributed by atoms with Crippen LogP contribution in [-0.2, 0) is 7.05 Å². The van der Waals surface area contributed by atoms with Crippen molar-refractivity contribution in [2.24, 2.45) is 7.05 Å². The number of amides is 1. The number of hydrogen-bond donors (Lipinski definition) is 1. The number of carbonyl (C=O) groups excluding carboxylic acids is 1. The molecule has 0 bridgehead atoms. The van der Waals surface area contributed by atoms with E-state index in [2.05, 4.69) is 10.3 Å². The summed E-state index contributed by atoms with van der Waals surface area (Å²) in [6.45, 7) is 0. The molecule has 0 aliphatic carbocycles. The number of hydrogen-bond acceptors (Lipinski definition) is 3. The fraction of sp³-hybridized carbons (Fsp3) is 0.125. The highest BCUT2D eigenvalue weighted by Crippen LogP contribution is 2.22. The van der Waals surface area contributed by atoms with Crippen LogP contribution in [0, 0.1) is 5.82 Å². The number of nitrogens with one attached hydrogen (secondary N) is 1. The Bertz CT molecular complexity index is 765. The van der Waals surface area contributed by atoms with Crippen molar-refractivity contribution in [2.75, 3.05) is 0 Å². The molecule has 0 spiro atoms. The Morgan fingerprint density at radius 2 is 2.09 bits per heavy atom. The van der Waals surface area contributed by atoms with Gasteiger partial charge < -0.3 is 9.88 Å². The minimum atomic E-state index is -0.435. The lowest BCUT2D eigenvalue weighted by Crippen LogP contribution is -2.30. The van der Waals surface area contributed by atoms with E-state index in [-0.39, 0.29) is 11.7 Å². The Hall–Kier alpha value is -2.47. The monoisotopic (exact) mass is 315 g/mol. The Balaban J connectivity index is 1.95. The molecule has 1 aromatic carbocycles. The maximum atomic E-state index is 13.2. The van der Waals surface area contributed by atoms with Crippen molar-refractivity contribution < 1.29 is 9.18 Å². The number of benzene rings is 1. The molecule has 22 heavy (non-hydrogen) atoms. The molecule has 0 saturated heterocycles. The molecule has 3 aromatic rings. The minimum Gasteiger partial charge on any atom is -0.337 e. The van der Waals surface area contributed by atoms with Crippen LogP contribution in [0.25, 0.3) is 0 Å². The maximum absolute atomic E-state index is 13.2. The van der Waals surface area contributed by atoms with Crippen LogP contribution in [-0.4, -0.2) is 15.5 Å². The summed E-state index contributed by atoms with van der Waals surface area (Å²) in [5.74, 6) is 0.204. The van der Waals surface area contributed by atoms with Crippen LogP contribution < -0.4 is 5.32 Å². The molecule has 0 unspecified atom stereocenters. The van der Waals surface area contributed by atoms with Gasteiger partial charge in [0.25, 0.3) is 5.91 Å². The average molecular weight is 315 g/mol. The Morgan fingerprint density at radius 3 is 2.68 bits per heavy atom. The van der Waals surface area contributed by atoms with Gasteiger partial charge in [0, 0.05) is 19.4 Å². The second-order valence-electron chi connectivity index (χ2n) is 4.83. The van der Waals surface area contributed by atoms with E-state index < -0.39 is 6.04 Å². The normalized spacial score (nSPS) is 12.1. The highest BCUT2D eigenvalue weighted by atomic mass is 32.1. The third-order valence-electron chi connectivity index (χ3n) is 3.34. The zero-order chi connectivity index (χ0) is 15.5. The van der Waals surface area contributed by atoms with Crippen molar-refractivity contribution in [3.8, 4) is 0 Å². The fourth-order valence-corrected chi connectivity index (χ4v) is 2.84. The predicted molar refractivity (Wildman–Crippen MR) is 83.2 cm³/mol. The summed E-state index contributed by atoms with van der Waals surface area (Å²) in [6.07, 6.45) is 3.48. The second-order valence-corrected chi connectivity index (χ2v) is 5.78. The molecule has 1 atom stereocenters. The van der Waals surface area contributed by atoms with Crippen molar-refractivity contribution >= 4 is 17.2 Å². The van der Waals surface area contributed by atoms with Gasteiger partial charge in [-0.05, 0) is 29.1 Å². The summed E-state index contributed by atoms with van der Waals surface area (Å²) in [4.78, 5) is 17.3. The van der Waals surface area contributed by atoms with Crippen LogP contribution in [0.1, 0.15) is 27.1 Å².